The second kappa shape index (κ2) is 5.73. The predicted octanol–water partition coefficient (Wildman–Crippen LogP) is 1.89. The van der Waals surface area contributed by atoms with Crippen molar-refractivity contribution >= 4 is 17.3 Å². The first kappa shape index (κ1) is 14.3. The molecule has 0 amide bonds. The van der Waals surface area contributed by atoms with Gasteiger partial charge in [-0.2, -0.15) is 0 Å². The molecule has 0 aromatic heterocycles. The maximum absolute atomic E-state index is 11.5. The summed E-state index contributed by atoms with van der Waals surface area (Å²) in [6, 6.07) is 5.21. The van der Waals surface area contributed by atoms with E-state index in [0.29, 0.717) is 23.5 Å². The number of carbonyl (C=O) groups is 1. The van der Waals surface area contributed by atoms with Gasteiger partial charge in [-0.15, -0.1) is 0 Å². The number of ether oxygens (including phenoxy) is 2. The zero-order valence-corrected chi connectivity index (χ0v) is 11.2. The molecule has 0 fully saturated rings. The van der Waals surface area contributed by atoms with Gasteiger partial charge in [0, 0.05) is 7.11 Å². The van der Waals surface area contributed by atoms with Gasteiger partial charge in [-0.3, -0.25) is 0 Å². The van der Waals surface area contributed by atoms with Crippen LogP contribution in [0.2, 0.25) is 0 Å². The van der Waals surface area contributed by atoms with Gasteiger partial charge in [-0.05, 0) is 26.0 Å². The smallest absolute Gasteiger partial charge is 0.340 e. The highest BCUT2D eigenvalue weighted by Crippen LogP contribution is 2.26. The first-order chi connectivity index (χ1) is 8.41. The molecule has 0 aliphatic heterocycles. The van der Waals surface area contributed by atoms with Crippen molar-refractivity contribution in [1.82, 2.24) is 0 Å². The van der Waals surface area contributed by atoms with Gasteiger partial charge in [0.1, 0.15) is 0 Å². The molecule has 0 aliphatic carbocycles. The number of nitrogens with one attached hydrogen (secondary N) is 1. The van der Waals surface area contributed by atoms with Crippen LogP contribution < -0.4 is 11.1 Å². The maximum atomic E-state index is 11.5. The normalized spacial score (nSPS) is 11.1. The third-order valence-electron chi connectivity index (χ3n) is 2.49. The molecule has 1 aromatic rings. The number of carbonyl (C=O) groups excluding carboxylic acids is 1. The van der Waals surface area contributed by atoms with E-state index >= 15 is 0 Å². The molecule has 18 heavy (non-hydrogen) atoms. The molecular weight excluding hydrogens is 232 g/mol. The molecule has 1 aromatic carbocycles. The van der Waals surface area contributed by atoms with Crippen LogP contribution in [0.15, 0.2) is 18.2 Å². The van der Waals surface area contributed by atoms with Gasteiger partial charge in [0.05, 0.1) is 36.2 Å². The maximum Gasteiger partial charge on any atom is 0.340 e. The Balaban J connectivity index is 3.01. The van der Waals surface area contributed by atoms with Gasteiger partial charge in [-0.1, -0.05) is 6.07 Å². The number of nitrogens with two attached hydrogens (primary N) is 1. The first-order valence-corrected chi connectivity index (χ1v) is 5.65. The second-order valence-corrected chi connectivity index (χ2v) is 4.70. The SMILES string of the molecule is COCC(C)(C)Nc1cccc(C(=O)OC)c1N. The molecule has 3 N–H and O–H groups in total. The summed E-state index contributed by atoms with van der Waals surface area (Å²) in [7, 11) is 2.97. The molecule has 5 nitrogen and oxygen atoms in total. The van der Waals surface area contributed by atoms with E-state index in [1.54, 1.807) is 19.2 Å². The van der Waals surface area contributed by atoms with Gasteiger partial charge >= 0.3 is 5.97 Å². The average molecular weight is 252 g/mol. The summed E-state index contributed by atoms with van der Waals surface area (Å²) < 4.78 is 9.80. The van der Waals surface area contributed by atoms with Crippen molar-refractivity contribution < 1.29 is 14.3 Å². The number of hydrogen-bond acceptors (Lipinski definition) is 5. The number of esters is 1. The van der Waals surface area contributed by atoms with Crippen LogP contribution in [0.1, 0.15) is 24.2 Å². The van der Waals surface area contributed by atoms with E-state index in [0.717, 1.165) is 0 Å². The van der Waals surface area contributed by atoms with Crippen molar-refractivity contribution in [2.75, 3.05) is 31.9 Å². The van der Waals surface area contributed by atoms with E-state index in [-0.39, 0.29) is 5.54 Å². The number of nitrogen functional groups attached to an aromatic ring is 1. The third kappa shape index (κ3) is 3.37. The molecular formula is C13H20N2O3. The van der Waals surface area contributed by atoms with Gasteiger partial charge < -0.3 is 20.5 Å². The summed E-state index contributed by atoms with van der Waals surface area (Å²) in [6.45, 7) is 4.50. The van der Waals surface area contributed by atoms with E-state index in [4.69, 9.17) is 10.5 Å². The lowest BCUT2D eigenvalue weighted by Crippen LogP contribution is -2.36. The van der Waals surface area contributed by atoms with Crippen LogP contribution in [0.25, 0.3) is 0 Å². The number of hydrogen-bond donors (Lipinski definition) is 2. The fourth-order valence-corrected chi connectivity index (χ4v) is 1.72. The highest BCUT2D eigenvalue weighted by atomic mass is 16.5. The molecule has 0 atom stereocenters. The van der Waals surface area contributed by atoms with E-state index < -0.39 is 5.97 Å². The molecule has 5 heteroatoms. The fourth-order valence-electron chi connectivity index (χ4n) is 1.72. The largest absolute Gasteiger partial charge is 0.465 e. The van der Waals surface area contributed by atoms with Gasteiger partial charge in [0.2, 0.25) is 0 Å². The lowest BCUT2D eigenvalue weighted by molar-refractivity contribution is 0.0602. The fraction of sp³-hybridized carbons (Fsp3) is 0.462. The lowest BCUT2D eigenvalue weighted by atomic mass is 10.0. The number of benzene rings is 1. The molecule has 1 rings (SSSR count). The highest BCUT2D eigenvalue weighted by molar-refractivity contribution is 5.98. The Morgan fingerprint density at radius 3 is 2.61 bits per heavy atom. The summed E-state index contributed by atoms with van der Waals surface area (Å²) in [5.74, 6) is -0.444. The molecule has 0 unspecified atom stereocenters. The van der Waals surface area contributed by atoms with Crippen LogP contribution in [0, 0.1) is 0 Å². The van der Waals surface area contributed by atoms with Crippen molar-refractivity contribution in [3.8, 4) is 0 Å². The quantitative estimate of drug-likeness (QED) is 0.618. The van der Waals surface area contributed by atoms with E-state index in [2.05, 4.69) is 10.1 Å². The summed E-state index contributed by atoms with van der Waals surface area (Å²) in [5, 5.41) is 3.25. The third-order valence-corrected chi connectivity index (χ3v) is 2.49. The highest BCUT2D eigenvalue weighted by Gasteiger charge is 2.20. The first-order valence-electron chi connectivity index (χ1n) is 5.65. The Morgan fingerprint density at radius 1 is 1.39 bits per heavy atom. The van der Waals surface area contributed by atoms with Crippen LogP contribution >= 0.6 is 0 Å². The predicted molar refractivity (Wildman–Crippen MR) is 71.8 cm³/mol. The molecule has 0 spiro atoms. The van der Waals surface area contributed by atoms with Gasteiger partial charge in [0.15, 0.2) is 0 Å². The number of para-hydroxylation sites is 1. The van der Waals surface area contributed by atoms with Crippen LogP contribution in [0.4, 0.5) is 11.4 Å². The van der Waals surface area contributed by atoms with Crippen LogP contribution in [0.5, 0.6) is 0 Å². The molecule has 100 valence electrons. The molecule has 0 aliphatic rings. The summed E-state index contributed by atoms with van der Waals surface area (Å²) >= 11 is 0. The Bertz CT molecular complexity index is 430. The van der Waals surface area contributed by atoms with Crippen LogP contribution in [0.3, 0.4) is 0 Å². The monoisotopic (exact) mass is 252 g/mol. The summed E-state index contributed by atoms with van der Waals surface area (Å²) in [6.07, 6.45) is 0. The molecule has 0 saturated heterocycles. The van der Waals surface area contributed by atoms with E-state index in [1.165, 1.54) is 7.11 Å². The van der Waals surface area contributed by atoms with Crippen LogP contribution in [-0.4, -0.2) is 32.3 Å². The zero-order chi connectivity index (χ0) is 13.8. The van der Waals surface area contributed by atoms with Crippen molar-refractivity contribution in [3.63, 3.8) is 0 Å². The topological polar surface area (TPSA) is 73.6 Å². The summed E-state index contributed by atoms with van der Waals surface area (Å²) in [5.41, 5.74) is 7.11. The van der Waals surface area contributed by atoms with Crippen molar-refractivity contribution in [2.45, 2.75) is 19.4 Å². The van der Waals surface area contributed by atoms with Crippen molar-refractivity contribution in [3.05, 3.63) is 23.8 Å². The zero-order valence-electron chi connectivity index (χ0n) is 11.2. The molecule has 0 heterocycles. The minimum Gasteiger partial charge on any atom is -0.465 e. The van der Waals surface area contributed by atoms with Crippen molar-refractivity contribution in [2.24, 2.45) is 0 Å². The Labute approximate surface area is 107 Å². The molecule has 0 saturated carbocycles. The lowest BCUT2D eigenvalue weighted by Gasteiger charge is -2.27. The number of anilines is 2. The minimum atomic E-state index is -0.444. The Hall–Kier alpha value is -1.75. The summed E-state index contributed by atoms with van der Waals surface area (Å²) in [4.78, 5) is 11.5. The Morgan fingerprint density at radius 2 is 2.06 bits per heavy atom. The van der Waals surface area contributed by atoms with Gasteiger partial charge in [0.25, 0.3) is 0 Å². The van der Waals surface area contributed by atoms with Crippen molar-refractivity contribution in [1.29, 1.82) is 0 Å². The average Bonchev–Trinajstić information content (AvgIpc) is 2.30. The molecule has 0 bridgehead atoms. The number of rotatable bonds is 5. The van der Waals surface area contributed by atoms with Gasteiger partial charge in [-0.25, -0.2) is 4.79 Å². The standard InChI is InChI=1S/C13H20N2O3/c1-13(2,8-17-3)15-10-7-5-6-9(11(10)14)12(16)18-4/h5-7,15H,8,14H2,1-4H3. The second-order valence-electron chi connectivity index (χ2n) is 4.70. The number of methoxy groups -OCH3 is 2. The van der Waals surface area contributed by atoms with Crippen LogP contribution in [-0.2, 0) is 9.47 Å². The molecule has 0 radical (unpaired) electrons. The van der Waals surface area contributed by atoms with E-state index in [9.17, 15) is 4.79 Å². The Kier molecular flexibility index (Phi) is 4.55. The van der Waals surface area contributed by atoms with E-state index in [1.807, 2.05) is 19.9 Å². The minimum absolute atomic E-state index is 0.280.